The third kappa shape index (κ3) is 2.33. The lowest BCUT2D eigenvalue weighted by Gasteiger charge is -2.34. The number of hydrazone groups is 1. The third-order valence-electron chi connectivity index (χ3n) is 6.12. The normalized spacial score (nSPS) is 29.7. The summed E-state index contributed by atoms with van der Waals surface area (Å²) in [7, 11) is 0. The summed E-state index contributed by atoms with van der Waals surface area (Å²) in [5.74, 6) is 0.200. The molecule has 1 aromatic carbocycles. The Bertz CT molecular complexity index is 711. The van der Waals surface area contributed by atoms with Gasteiger partial charge >= 0.3 is 0 Å². The molecule has 6 heteroatoms. The van der Waals surface area contributed by atoms with E-state index in [0.717, 1.165) is 18.6 Å². The fourth-order valence-corrected chi connectivity index (χ4v) is 4.04. The highest BCUT2D eigenvalue weighted by atomic mass is 16.6. The van der Waals surface area contributed by atoms with Crippen LogP contribution in [0.25, 0.3) is 0 Å². The maximum Gasteiger partial charge on any atom is 0.271 e. The molecule has 0 saturated heterocycles. The van der Waals surface area contributed by atoms with Crippen molar-refractivity contribution in [1.82, 2.24) is 5.43 Å². The SMILES string of the molecule is CC1(C)[C@H]2CC[C@]1(C)/C(=N/NC(=O)c1cccc([N+](=O)[O-])c1)C2. The van der Waals surface area contributed by atoms with Gasteiger partial charge in [-0.05, 0) is 36.7 Å². The number of benzene rings is 1. The molecule has 0 aromatic heterocycles. The lowest BCUT2D eigenvalue weighted by atomic mass is 9.70. The largest absolute Gasteiger partial charge is 0.271 e. The van der Waals surface area contributed by atoms with Gasteiger partial charge in [-0.15, -0.1) is 0 Å². The molecule has 0 unspecified atom stereocenters. The Labute approximate surface area is 135 Å². The Hall–Kier alpha value is -2.24. The van der Waals surface area contributed by atoms with E-state index >= 15 is 0 Å². The van der Waals surface area contributed by atoms with Crippen LogP contribution in [0, 0.1) is 26.9 Å². The average molecular weight is 315 g/mol. The first-order chi connectivity index (χ1) is 10.8. The second kappa shape index (κ2) is 5.15. The molecule has 1 aromatic rings. The van der Waals surface area contributed by atoms with E-state index in [0.29, 0.717) is 5.92 Å². The molecule has 0 aliphatic heterocycles. The maximum absolute atomic E-state index is 12.2. The van der Waals surface area contributed by atoms with Crippen molar-refractivity contribution in [1.29, 1.82) is 0 Å². The summed E-state index contributed by atoms with van der Waals surface area (Å²) in [4.78, 5) is 22.5. The van der Waals surface area contributed by atoms with E-state index in [4.69, 9.17) is 0 Å². The summed E-state index contributed by atoms with van der Waals surface area (Å²) >= 11 is 0. The first-order valence-corrected chi connectivity index (χ1v) is 7.87. The summed E-state index contributed by atoms with van der Waals surface area (Å²) in [5, 5.41) is 15.2. The van der Waals surface area contributed by atoms with Gasteiger partial charge in [-0.1, -0.05) is 26.8 Å². The number of carbonyl (C=O) groups is 1. The van der Waals surface area contributed by atoms with Gasteiger partial charge < -0.3 is 0 Å². The van der Waals surface area contributed by atoms with Gasteiger partial charge in [-0.2, -0.15) is 5.10 Å². The summed E-state index contributed by atoms with van der Waals surface area (Å²) in [6, 6.07) is 5.68. The molecule has 2 saturated carbocycles. The monoisotopic (exact) mass is 315 g/mol. The van der Waals surface area contributed by atoms with Crippen molar-refractivity contribution in [3.8, 4) is 0 Å². The van der Waals surface area contributed by atoms with E-state index in [1.807, 2.05) is 0 Å². The van der Waals surface area contributed by atoms with E-state index in [9.17, 15) is 14.9 Å². The zero-order valence-electron chi connectivity index (χ0n) is 13.6. The molecule has 2 aliphatic carbocycles. The van der Waals surface area contributed by atoms with E-state index in [-0.39, 0.29) is 22.1 Å². The molecule has 1 N–H and O–H groups in total. The zero-order valence-corrected chi connectivity index (χ0v) is 13.6. The second-order valence-electron chi connectivity index (χ2n) is 7.30. The summed E-state index contributed by atoms with van der Waals surface area (Å²) in [5.41, 5.74) is 3.99. The first kappa shape index (κ1) is 15.6. The third-order valence-corrected chi connectivity index (χ3v) is 6.12. The van der Waals surface area contributed by atoms with Crippen LogP contribution in [0.3, 0.4) is 0 Å². The van der Waals surface area contributed by atoms with Crippen LogP contribution in [-0.4, -0.2) is 16.5 Å². The minimum Gasteiger partial charge on any atom is -0.267 e. The predicted octanol–water partition coefficient (Wildman–Crippen LogP) is 3.53. The minimum atomic E-state index is -0.512. The van der Waals surface area contributed by atoms with Gasteiger partial charge in [0, 0.05) is 28.8 Å². The van der Waals surface area contributed by atoms with Crippen LogP contribution in [0.15, 0.2) is 29.4 Å². The molecule has 23 heavy (non-hydrogen) atoms. The maximum atomic E-state index is 12.2. The number of nitrogens with zero attached hydrogens (tertiary/aromatic N) is 2. The molecule has 2 atom stereocenters. The molecule has 0 radical (unpaired) electrons. The predicted molar refractivity (Wildman–Crippen MR) is 87.2 cm³/mol. The van der Waals surface area contributed by atoms with Crippen molar-refractivity contribution in [3.05, 3.63) is 39.9 Å². The zero-order chi connectivity index (χ0) is 16.8. The first-order valence-electron chi connectivity index (χ1n) is 7.87. The van der Waals surface area contributed by atoms with Crippen molar-refractivity contribution < 1.29 is 9.72 Å². The number of hydrogen-bond acceptors (Lipinski definition) is 4. The van der Waals surface area contributed by atoms with Crippen LogP contribution >= 0.6 is 0 Å². The molecular weight excluding hydrogens is 294 g/mol. The topological polar surface area (TPSA) is 84.6 Å². The van der Waals surface area contributed by atoms with Crippen LogP contribution in [0.1, 0.15) is 50.4 Å². The van der Waals surface area contributed by atoms with Crippen LogP contribution in [0.2, 0.25) is 0 Å². The Kier molecular flexibility index (Phi) is 3.50. The number of hydrogen-bond donors (Lipinski definition) is 1. The number of carbonyl (C=O) groups excluding carboxylic acids is 1. The molecule has 0 heterocycles. The highest BCUT2D eigenvalue weighted by Gasteiger charge is 2.60. The molecule has 3 rings (SSSR count). The summed E-state index contributed by atoms with van der Waals surface area (Å²) in [6.07, 6.45) is 3.22. The lowest BCUT2D eigenvalue weighted by molar-refractivity contribution is -0.384. The van der Waals surface area contributed by atoms with E-state index < -0.39 is 10.8 Å². The van der Waals surface area contributed by atoms with Gasteiger partial charge in [0.2, 0.25) is 0 Å². The van der Waals surface area contributed by atoms with Crippen LogP contribution in [0.4, 0.5) is 5.69 Å². The van der Waals surface area contributed by atoms with Crippen molar-refractivity contribution in [2.24, 2.45) is 21.8 Å². The molecule has 2 bridgehead atoms. The number of non-ortho nitro benzene ring substituents is 1. The Morgan fingerprint density at radius 3 is 2.70 bits per heavy atom. The van der Waals surface area contributed by atoms with Gasteiger partial charge in [-0.3, -0.25) is 14.9 Å². The van der Waals surface area contributed by atoms with E-state index in [1.54, 1.807) is 6.07 Å². The molecule has 122 valence electrons. The number of nitrogens with one attached hydrogen (secondary N) is 1. The Balaban J connectivity index is 1.78. The van der Waals surface area contributed by atoms with Gasteiger partial charge in [0.05, 0.1) is 4.92 Å². The molecule has 0 spiro atoms. The summed E-state index contributed by atoms with van der Waals surface area (Å²) < 4.78 is 0. The lowest BCUT2D eigenvalue weighted by Crippen LogP contribution is -2.34. The average Bonchev–Trinajstić information content (AvgIpc) is 2.85. The van der Waals surface area contributed by atoms with Gasteiger partial charge in [0.1, 0.15) is 0 Å². The molecular formula is C17H21N3O3. The molecule has 6 nitrogen and oxygen atoms in total. The smallest absolute Gasteiger partial charge is 0.267 e. The standard InChI is InChI=1S/C17H21N3O3/c1-16(2)12-7-8-17(16,3)14(10-12)18-19-15(21)11-5-4-6-13(9-11)20(22)23/h4-6,9,12H,7-8,10H2,1-3H3,(H,19,21)/b18-14+/t12-,17+/m0/s1. The van der Waals surface area contributed by atoms with Crippen LogP contribution < -0.4 is 5.43 Å². The highest BCUT2D eigenvalue weighted by Crippen LogP contribution is 2.63. The fraction of sp³-hybridized carbons (Fsp3) is 0.529. The van der Waals surface area contributed by atoms with E-state index in [1.165, 1.54) is 24.6 Å². The van der Waals surface area contributed by atoms with Gasteiger partial charge in [0.25, 0.3) is 11.6 Å². The van der Waals surface area contributed by atoms with Crippen molar-refractivity contribution >= 4 is 17.3 Å². The Morgan fingerprint density at radius 1 is 1.39 bits per heavy atom. The van der Waals surface area contributed by atoms with E-state index in [2.05, 4.69) is 31.3 Å². The highest BCUT2D eigenvalue weighted by molar-refractivity contribution is 5.98. The number of nitro groups is 1. The number of amides is 1. The van der Waals surface area contributed by atoms with Gasteiger partial charge in [0.15, 0.2) is 0 Å². The van der Waals surface area contributed by atoms with Crippen molar-refractivity contribution in [2.75, 3.05) is 0 Å². The van der Waals surface area contributed by atoms with Crippen molar-refractivity contribution in [3.63, 3.8) is 0 Å². The molecule has 1 amide bonds. The number of rotatable bonds is 3. The molecule has 2 aliphatic rings. The minimum absolute atomic E-state index is 0.0215. The Morgan fingerprint density at radius 2 is 2.13 bits per heavy atom. The van der Waals surface area contributed by atoms with Crippen LogP contribution in [0.5, 0.6) is 0 Å². The van der Waals surface area contributed by atoms with Crippen molar-refractivity contribution in [2.45, 2.75) is 40.0 Å². The quantitative estimate of drug-likeness (QED) is 0.684. The van der Waals surface area contributed by atoms with Gasteiger partial charge in [-0.25, -0.2) is 5.43 Å². The number of fused-ring (bicyclic) bond motifs is 2. The fourth-order valence-electron chi connectivity index (χ4n) is 4.04. The molecule has 2 fully saturated rings. The number of nitro benzene ring substituents is 1. The summed E-state index contributed by atoms with van der Waals surface area (Å²) in [6.45, 7) is 6.77. The van der Waals surface area contributed by atoms with Crippen LogP contribution in [-0.2, 0) is 0 Å². The second-order valence-corrected chi connectivity index (χ2v) is 7.30.